The molecule has 1 heteroatoms. The van der Waals surface area contributed by atoms with E-state index in [0.717, 1.165) is 6.42 Å². The zero-order valence-electron chi connectivity index (χ0n) is 11.0. The van der Waals surface area contributed by atoms with Crippen molar-refractivity contribution in [3.05, 3.63) is 77.9 Å². The van der Waals surface area contributed by atoms with Crippen molar-refractivity contribution in [3.8, 4) is 4.90 Å². The maximum Gasteiger partial charge on any atom is 0.191 e. The molecule has 4 aromatic rings. The summed E-state index contributed by atoms with van der Waals surface area (Å²) in [5.41, 5.74) is 3.01. The normalized spacial score (nSPS) is 13.7. The summed E-state index contributed by atoms with van der Waals surface area (Å²) in [6.07, 6.45) is 1.08. The third-order valence-electron chi connectivity index (χ3n) is 4.27. The standard InChI is InChI=1S/C19H13S/c1-3-10-17-13(6-1)12-14-7-5-9-16-15-8-2-4-11-18(15)20(17)19(14)16/h1-11H,12H2/q+1. The Labute approximate surface area is 120 Å². The molecular weight excluding hydrogens is 260 g/mol. The van der Waals surface area contributed by atoms with Crippen molar-refractivity contribution in [2.24, 2.45) is 0 Å². The van der Waals surface area contributed by atoms with Crippen LogP contribution in [0.5, 0.6) is 0 Å². The molecule has 2 heterocycles. The van der Waals surface area contributed by atoms with Crippen molar-refractivity contribution >= 4 is 30.6 Å². The minimum atomic E-state index is 0.116. The minimum absolute atomic E-state index is 0.116. The van der Waals surface area contributed by atoms with Gasteiger partial charge in [0.15, 0.2) is 14.3 Å². The fourth-order valence-electron chi connectivity index (χ4n) is 3.44. The van der Waals surface area contributed by atoms with Gasteiger partial charge in [0, 0.05) is 38.8 Å². The van der Waals surface area contributed by atoms with Crippen molar-refractivity contribution < 1.29 is 0 Å². The molecule has 0 bridgehead atoms. The highest BCUT2D eigenvalue weighted by Gasteiger charge is 2.31. The SMILES string of the molecule is c1ccc2c(c1)Cc1cccc3c4ccccc4[s+]-2c13. The van der Waals surface area contributed by atoms with Crippen LogP contribution in [0.3, 0.4) is 0 Å². The van der Waals surface area contributed by atoms with E-state index in [0.29, 0.717) is 0 Å². The summed E-state index contributed by atoms with van der Waals surface area (Å²) in [7, 11) is 0.116. The van der Waals surface area contributed by atoms with Gasteiger partial charge < -0.3 is 0 Å². The fraction of sp³-hybridized carbons (Fsp3) is 0.0526. The summed E-state index contributed by atoms with van der Waals surface area (Å²) in [6, 6.07) is 24.7. The van der Waals surface area contributed by atoms with Crippen LogP contribution in [0, 0.1) is 0 Å². The lowest BCUT2D eigenvalue weighted by atomic mass is 10.0. The average Bonchev–Trinajstić information content (AvgIpc) is 2.85. The fourth-order valence-corrected chi connectivity index (χ4v) is 6.14. The molecular formula is C19H13S+. The Bertz CT molecular complexity index is 976. The van der Waals surface area contributed by atoms with E-state index in [2.05, 4.69) is 66.7 Å². The van der Waals surface area contributed by atoms with Gasteiger partial charge in [-0.3, -0.25) is 0 Å². The maximum atomic E-state index is 2.32. The monoisotopic (exact) mass is 273 g/mol. The van der Waals surface area contributed by atoms with Gasteiger partial charge >= 0.3 is 0 Å². The molecule has 1 aliphatic heterocycles. The summed E-state index contributed by atoms with van der Waals surface area (Å²) >= 11 is 0. The second-order valence-corrected chi connectivity index (χ2v) is 7.28. The lowest BCUT2D eigenvalue weighted by Crippen LogP contribution is -1.95. The Balaban J connectivity index is 2.12. The Hall–Kier alpha value is -2.12. The molecule has 0 nitrogen and oxygen atoms in total. The second-order valence-electron chi connectivity index (χ2n) is 5.38. The molecule has 0 saturated heterocycles. The zero-order chi connectivity index (χ0) is 13.1. The van der Waals surface area contributed by atoms with Crippen LogP contribution in [0.2, 0.25) is 0 Å². The van der Waals surface area contributed by atoms with E-state index in [1.54, 1.807) is 4.70 Å². The lowest BCUT2D eigenvalue weighted by molar-refractivity contribution is 1.23. The predicted octanol–water partition coefficient (Wildman–Crippen LogP) is 5.64. The molecule has 94 valence electrons. The van der Waals surface area contributed by atoms with Gasteiger partial charge in [0.25, 0.3) is 0 Å². The molecule has 1 unspecified atom stereocenters. The highest BCUT2D eigenvalue weighted by molar-refractivity contribution is 7.50. The van der Waals surface area contributed by atoms with Crippen LogP contribution in [-0.4, -0.2) is 0 Å². The molecule has 20 heavy (non-hydrogen) atoms. The summed E-state index contributed by atoms with van der Waals surface area (Å²) < 4.78 is 3.08. The molecule has 5 rings (SSSR count). The quantitative estimate of drug-likeness (QED) is 0.320. The van der Waals surface area contributed by atoms with Crippen LogP contribution < -0.4 is 0 Å². The molecule has 1 atom stereocenters. The molecule has 0 radical (unpaired) electrons. The van der Waals surface area contributed by atoms with Crippen LogP contribution in [0.1, 0.15) is 11.1 Å². The van der Waals surface area contributed by atoms with Gasteiger partial charge in [-0.15, -0.1) is 0 Å². The number of thiophene rings is 1. The summed E-state index contributed by atoms with van der Waals surface area (Å²) in [5.74, 6) is 0. The van der Waals surface area contributed by atoms with Crippen molar-refractivity contribution in [1.29, 1.82) is 0 Å². The van der Waals surface area contributed by atoms with Crippen LogP contribution >= 0.6 is 10.5 Å². The first kappa shape index (κ1) is 10.6. The summed E-state index contributed by atoms with van der Waals surface area (Å²) in [4.78, 5) is 1.53. The van der Waals surface area contributed by atoms with Crippen LogP contribution in [0.25, 0.3) is 25.1 Å². The maximum absolute atomic E-state index is 2.32. The molecule has 1 aromatic heterocycles. The van der Waals surface area contributed by atoms with E-state index in [-0.39, 0.29) is 10.5 Å². The Morgan fingerprint density at radius 1 is 0.650 bits per heavy atom. The van der Waals surface area contributed by atoms with Gasteiger partial charge in [0.1, 0.15) is 0 Å². The van der Waals surface area contributed by atoms with Gasteiger partial charge in [-0.2, -0.15) is 0 Å². The third-order valence-corrected chi connectivity index (χ3v) is 6.80. The second kappa shape index (κ2) is 3.71. The van der Waals surface area contributed by atoms with Crippen molar-refractivity contribution in [2.75, 3.05) is 0 Å². The zero-order valence-corrected chi connectivity index (χ0v) is 11.8. The lowest BCUT2D eigenvalue weighted by Gasteiger charge is -2.10. The van der Waals surface area contributed by atoms with Crippen LogP contribution in [-0.2, 0) is 6.42 Å². The Morgan fingerprint density at radius 2 is 1.40 bits per heavy atom. The average molecular weight is 273 g/mol. The molecule has 0 N–H and O–H groups in total. The van der Waals surface area contributed by atoms with E-state index in [9.17, 15) is 0 Å². The molecule has 3 aromatic carbocycles. The molecule has 0 aliphatic carbocycles. The first-order valence-electron chi connectivity index (χ1n) is 6.97. The minimum Gasteiger partial charge on any atom is -0.0616 e. The number of benzene rings is 3. The number of rotatable bonds is 0. The van der Waals surface area contributed by atoms with Crippen molar-refractivity contribution in [3.63, 3.8) is 0 Å². The number of fused-ring (bicyclic) bond motifs is 5. The highest BCUT2D eigenvalue weighted by Crippen LogP contribution is 2.53. The van der Waals surface area contributed by atoms with E-state index in [4.69, 9.17) is 0 Å². The van der Waals surface area contributed by atoms with Gasteiger partial charge in [-0.1, -0.05) is 42.5 Å². The van der Waals surface area contributed by atoms with Gasteiger partial charge in [-0.25, -0.2) is 0 Å². The first-order valence-corrected chi connectivity index (χ1v) is 8.19. The van der Waals surface area contributed by atoms with E-state index in [1.807, 2.05) is 0 Å². The van der Waals surface area contributed by atoms with E-state index in [1.165, 1.54) is 31.5 Å². The van der Waals surface area contributed by atoms with Gasteiger partial charge in [-0.05, 0) is 24.3 Å². The Kier molecular flexibility index (Phi) is 1.97. The predicted molar refractivity (Wildman–Crippen MR) is 88.1 cm³/mol. The third kappa shape index (κ3) is 1.21. The largest absolute Gasteiger partial charge is 0.191 e. The van der Waals surface area contributed by atoms with Gasteiger partial charge in [0.05, 0.1) is 0 Å². The van der Waals surface area contributed by atoms with E-state index >= 15 is 0 Å². The van der Waals surface area contributed by atoms with Crippen molar-refractivity contribution in [1.82, 2.24) is 0 Å². The molecule has 0 amide bonds. The highest BCUT2D eigenvalue weighted by atomic mass is 32.2. The van der Waals surface area contributed by atoms with Gasteiger partial charge in [0.2, 0.25) is 0 Å². The summed E-state index contributed by atoms with van der Waals surface area (Å²) in [6.45, 7) is 0. The Morgan fingerprint density at radius 3 is 2.40 bits per heavy atom. The smallest absolute Gasteiger partial charge is 0.0616 e. The van der Waals surface area contributed by atoms with Crippen LogP contribution in [0.15, 0.2) is 66.7 Å². The first-order chi connectivity index (χ1) is 9.93. The molecule has 1 aliphatic rings. The summed E-state index contributed by atoms with van der Waals surface area (Å²) in [5, 5.41) is 2.89. The molecule has 0 saturated carbocycles. The molecule has 0 spiro atoms. The molecule has 0 fully saturated rings. The van der Waals surface area contributed by atoms with Crippen LogP contribution in [0.4, 0.5) is 0 Å². The number of hydrogen-bond donors (Lipinski definition) is 0. The van der Waals surface area contributed by atoms with E-state index < -0.39 is 0 Å². The topological polar surface area (TPSA) is 0 Å². The van der Waals surface area contributed by atoms with Crippen molar-refractivity contribution in [2.45, 2.75) is 6.42 Å². The number of hydrogen-bond acceptors (Lipinski definition) is 0.